The van der Waals surface area contributed by atoms with Crippen LogP contribution in [-0.4, -0.2) is 11.2 Å². The summed E-state index contributed by atoms with van der Waals surface area (Å²) >= 11 is 0. The summed E-state index contributed by atoms with van der Waals surface area (Å²) in [6.45, 7) is 0. The van der Waals surface area contributed by atoms with Crippen molar-refractivity contribution in [1.82, 2.24) is 0 Å². The van der Waals surface area contributed by atoms with E-state index in [0.29, 0.717) is 0 Å². The van der Waals surface area contributed by atoms with Crippen LogP contribution < -0.4 is 0 Å². The molecule has 1 aromatic rings. The van der Waals surface area contributed by atoms with Crippen molar-refractivity contribution in [3.8, 4) is 0 Å². The van der Waals surface area contributed by atoms with Gasteiger partial charge in [0, 0.05) is 0 Å². The molecule has 0 radical (unpaired) electrons. The molecular weight excluding hydrogens is 172 g/mol. The highest BCUT2D eigenvalue weighted by molar-refractivity contribution is 5.96. The first-order chi connectivity index (χ1) is 6.86. The van der Waals surface area contributed by atoms with Gasteiger partial charge in [-0.15, -0.1) is 0 Å². The average Bonchev–Trinajstić information content (AvgIpc) is 2.59. The number of rotatable bonds is 0. The quantitative estimate of drug-likeness (QED) is 0.653. The fraction of sp³-hybridized carbons (Fsp3) is 0.0769. The van der Waals surface area contributed by atoms with Crippen molar-refractivity contribution in [1.29, 1.82) is 0 Å². The predicted octanol–water partition coefficient (Wildman–Crippen LogP) is 2.40. The molecule has 0 saturated carbocycles. The van der Waals surface area contributed by atoms with E-state index < -0.39 is 6.10 Å². The third-order valence-corrected chi connectivity index (χ3v) is 2.75. The standard InChI is InChI=1S/C13H10O/c14-13-7-3-6-11-10-5-2-1-4-9(10)8-12(11)13/h1-8,13-14H. The summed E-state index contributed by atoms with van der Waals surface area (Å²) in [6.07, 6.45) is 7.41. The minimum atomic E-state index is -0.442. The molecule has 2 aliphatic rings. The number of hydrogen-bond acceptors (Lipinski definition) is 1. The lowest BCUT2D eigenvalue weighted by molar-refractivity contribution is 0.265. The lowest BCUT2D eigenvalue weighted by atomic mass is 9.95. The second kappa shape index (κ2) is 2.69. The summed E-state index contributed by atoms with van der Waals surface area (Å²) in [5, 5.41) is 9.76. The molecule has 1 N–H and O–H groups in total. The highest BCUT2D eigenvalue weighted by Crippen LogP contribution is 2.38. The van der Waals surface area contributed by atoms with Crippen LogP contribution in [0.5, 0.6) is 0 Å². The monoisotopic (exact) mass is 182 g/mol. The normalized spacial score (nSPS) is 22.5. The van der Waals surface area contributed by atoms with E-state index >= 15 is 0 Å². The molecule has 0 bridgehead atoms. The summed E-state index contributed by atoms with van der Waals surface area (Å²) in [6, 6.07) is 8.22. The molecule has 1 aromatic carbocycles. The van der Waals surface area contributed by atoms with Crippen LogP contribution in [-0.2, 0) is 0 Å². The first kappa shape index (κ1) is 7.77. The van der Waals surface area contributed by atoms with Gasteiger partial charge in [-0.25, -0.2) is 0 Å². The molecule has 1 unspecified atom stereocenters. The molecule has 0 heterocycles. The van der Waals surface area contributed by atoms with E-state index in [0.717, 1.165) is 11.1 Å². The van der Waals surface area contributed by atoms with Crippen molar-refractivity contribution >= 4 is 11.6 Å². The van der Waals surface area contributed by atoms with E-state index in [4.69, 9.17) is 0 Å². The molecule has 1 heteroatoms. The van der Waals surface area contributed by atoms with Gasteiger partial charge >= 0.3 is 0 Å². The maximum absolute atomic E-state index is 9.76. The number of allylic oxidation sites excluding steroid dienone is 2. The summed E-state index contributed by atoms with van der Waals surface area (Å²) in [5.41, 5.74) is 4.62. The van der Waals surface area contributed by atoms with Crippen LogP contribution in [0.15, 0.2) is 48.1 Å². The van der Waals surface area contributed by atoms with E-state index in [1.54, 1.807) is 6.08 Å². The first-order valence-electron chi connectivity index (χ1n) is 4.74. The Kier molecular flexibility index (Phi) is 1.49. The van der Waals surface area contributed by atoms with Crippen LogP contribution in [0.2, 0.25) is 0 Å². The summed E-state index contributed by atoms with van der Waals surface area (Å²) in [4.78, 5) is 0. The largest absolute Gasteiger partial charge is 0.384 e. The fourth-order valence-corrected chi connectivity index (χ4v) is 2.06. The Morgan fingerprint density at radius 2 is 2.00 bits per heavy atom. The van der Waals surface area contributed by atoms with E-state index in [9.17, 15) is 5.11 Å². The molecule has 14 heavy (non-hydrogen) atoms. The van der Waals surface area contributed by atoms with Gasteiger partial charge in [0.25, 0.3) is 0 Å². The molecule has 0 saturated heterocycles. The lowest BCUT2D eigenvalue weighted by Crippen LogP contribution is -2.08. The minimum Gasteiger partial charge on any atom is -0.384 e. The van der Waals surface area contributed by atoms with E-state index in [1.807, 2.05) is 18.2 Å². The highest BCUT2D eigenvalue weighted by atomic mass is 16.3. The molecule has 1 atom stereocenters. The van der Waals surface area contributed by atoms with E-state index in [1.165, 1.54) is 11.1 Å². The summed E-state index contributed by atoms with van der Waals surface area (Å²) in [7, 11) is 0. The molecule has 68 valence electrons. The number of aliphatic hydroxyl groups is 1. The van der Waals surface area contributed by atoms with Crippen LogP contribution in [0.25, 0.3) is 11.6 Å². The van der Waals surface area contributed by atoms with Crippen molar-refractivity contribution < 1.29 is 5.11 Å². The van der Waals surface area contributed by atoms with Crippen molar-refractivity contribution in [2.45, 2.75) is 6.10 Å². The zero-order chi connectivity index (χ0) is 9.54. The second-order valence-corrected chi connectivity index (χ2v) is 3.60. The number of hydrogen-bond donors (Lipinski definition) is 1. The van der Waals surface area contributed by atoms with Crippen molar-refractivity contribution in [3.05, 3.63) is 59.2 Å². The van der Waals surface area contributed by atoms with Gasteiger partial charge in [-0.1, -0.05) is 42.5 Å². The molecule has 1 nitrogen and oxygen atoms in total. The number of benzene rings is 1. The number of aliphatic hydroxyl groups excluding tert-OH is 1. The van der Waals surface area contributed by atoms with Gasteiger partial charge in [0.15, 0.2) is 0 Å². The van der Waals surface area contributed by atoms with Crippen LogP contribution in [0.4, 0.5) is 0 Å². The maximum Gasteiger partial charge on any atom is 0.0981 e. The third-order valence-electron chi connectivity index (χ3n) is 2.75. The van der Waals surface area contributed by atoms with E-state index in [2.05, 4.69) is 24.3 Å². The zero-order valence-electron chi connectivity index (χ0n) is 7.64. The van der Waals surface area contributed by atoms with Crippen molar-refractivity contribution in [2.75, 3.05) is 0 Å². The Labute approximate surface area is 82.7 Å². The van der Waals surface area contributed by atoms with Crippen LogP contribution in [0.1, 0.15) is 11.1 Å². The maximum atomic E-state index is 9.76. The molecular formula is C13H10O. The molecule has 0 amide bonds. The Hall–Kier alpha value is -1.60. The van der Waals surface area contributed by atoms with Gasteiger partial charge in [0.05, 0.1) is 6.10 Å². The average molecular weight is 182 g/mol. The van der Waals surface area contributed by atoms with Gasteiger partial charge in [-0.05, 0) is 28.3 Å². The smallest absolute Gasteiger partial charge is 0.0981 e. The van der Waals surface area contributed by atoms with Crippen LogP contribution >= 0.6 is 0 Å². The van der Waals surface area contributed by atoms with Crippen molar-refractivity contribution in [3.63, 3.8) is 0 Å². The Morgan fingerprint density at radius 3 is 2.93 bits per heavy atom. The lowest BCUT2D eigenvalue weighted by Gasteiger charge is -2.13. The minimum absolute atomic E-state index is 0.442. The SMILES string of the molecule is OC1C=CC=C2C1=Cc1ccccc12. The third kappa shape index (κ3) is 0.932. The van der Waals surface area contributed by atoms with Gasteiger partial charge in [-0.3, -0.25) is 0 Å². The molecule has 0 aromatic heterocycles. The van der Waals surface area contributed by atoms with Gasteiger partial charge < -0.3 is 5.11 Å². The molecule has 3 rings (SSSR count). The Morgan fingerprint density at radius 1 is 1.14 bits per heavy atom. The van der Waals surface area contributed by atoms with Gasteiger partial charge in [0.2, 0.25) is 0 Å². The highest BCUT2D eigenvalue weighted by Gasteiger charge is 2.23. The molecule has 2 aliphatic carbocycles. The topological polar surface area (TPSA) is 20.2 Å². The zero-order valence-corrected chi connectivity index (χ0v) is 7.64. The second-order valence-electron chi connectivity index (χ2n) is 3.60. The Balaban J connectivity index is 2.24. The molecule has 0 spiro atoms. The molecule has 0 fully saturated rings. The predicted molar refractivity (Wildman–Crippen MR) is 57.5 cm³/mol. The molecule has 0 aliphatic heterocycles. The van der Waals surface area contributed by atoms with Crippen LogP contribution in [0.3, 0.4) is 0 Å². The summed E-state index contributed by atoms with van der Waals surface area (Å²) < 4.78 is 0. The summed E-state index contributed by atoms with van der Waals surface area (Å²) in [5.74, 6) is 0. The fourth-order valence-electron chi connectivity index (χ4n) is 2.06. The van der Waals surface area contributed by atoms with Gasteiger partial charge in [-0.2, -0.15) is 0 Å². The van der Waals surface area contributed by atoms with E-state index in [-0.39, 0.29) is 0 Å². The number of fused-ring (bicyclic) bond motifs is 3. The Bertz CT molecular complexity index is 478. The van der Waals surface area contributed by atoms with Crippen LogP contribution in [0, 0.1) is 0 Å². The first-order valence-corrected chi connectivity index (χ1v) is 4.74. The van der Waals surface area contributed by atoms with Gasteiger partial charge in [0.1, 0.15) is 0 Å². The van der Waals surface area contributed by atoms with Crippen molar-refractivity contribution in [2.24, 2.45) is 0 Å².